The molecule has 26 heavy (non-hydrogen) atoms. The number of benzene rings is 2. The van der Waals surface area contributed by atoms with Crippen LogP contribution in [0.4, 0.5) is 11.4 Å². The Balaban J connectivity index is 2.30. The largest absolute Gasteiger partial charge is 0.324 e. The van der Waals surface area contributed by atoms with Crippen LogP contribution in [-0.4, -0.2) is 27.1 Å². The lowest BCUT2D eigenvalue weighted by Gasteiger charge is -2.22. The summed E-state index contributed by atoms with van der Waals surface area (Å²) in [6.45, 7) is 5.38. The number of nitrogens with zero attached hydrogens (tertiary/aromatic N) is 2. The molecule has 2 rings (SSSR count). The van der Waals surface area contributed by atoms with E-state index in [0.29, 0.717) is 11.3 Å². The smallest absolute Gasteiger partial charge is 0.245 e. The Morgan fingerprint density at radius 2 is 1.77 bits per heavy atom. The molecule has 0 aliphatic rings. The van der Waals surface area contributed by atoms with Gasteiger partial charge in [0.25, 0.3) is 0 Å². The van der Waals surface area contributed by atoms with Crippen LogP contribution >= 0.6 is 0 Å². The van der Waals surface area contributed by atoms with E-state index in [9.17, 15) is 13.2 Å². The fourth-order valence-electron chi connectivity index (χ4n) is 2.82. The number of carbonyl (C=O) groups excluding carboxylic acids is 1. The summed E-state index contributed by atoms with van der Waals surface area (Å²) in [5, 5.41) is 11.8. The van der Waals surface area contributed by atoms with Crippen LogP contribution in [0.1, 0.15) is 22.3 Å². The Kier molecular flexibility index (Phi) is 5.68. The third-order valence-electron chi connectivity index (χ3n) is 3.89. The van der Waals surface area contributed by atoms with Crippen LogP contribution < -0.4 is 9.62 Å². The molecule has 0 heterocycles. The van der Waals surface area contributed by atoms with Gasteiger partial charge in [-0.2, -0.15) is 5.26 Å². The van der Waals surface area contributed by atoms with E-state index in [-0.39, 0.29) is 12.2 Å². The maximum atomic E-state index is 12.5. The van der Waals surface area contributed by atoms with Crippen LogP contribution in [0.25, 0.3) is 0 Å². The first-order chi connectivity index (χ1) is 12.1. The molecule has 0 bridgehead atoms. The summed E-state index contributed by atoms with van der Waals surface area (Å²) in [4.78, 5) is 12.5. The normalized spacial score (nSPS) is 10.9. The molecule has 0 aromatic heterocycles. The third kappa shape index (κ3) is 4.61. The van der Waals surface area contributed by atoms with Crippen molar-refractivity contribution >= 4 is 27.3 Å². The van der Waals surface area contributed by atoms with Crippen LogP contribution in [0.3, 0.4) is 0 Å². The molecule has 0 spiro atoms. The van der Waals surface area contributed by atoms with Gasteiger partial charge in [0.1, 0.15) is 6.54 Å². The predicted octanol–water partition coefficient (Wildman–Crippen LogP) is 2.89. The number of hydrogen-bond donors (Lipinski definition) is 1. The number of amides is 1. The van der Waals surface area contributed by atoms with Gasteiger partial charge in [-0.05, 0) is 50.1 Å². The van der Waals surface area contributed by atoms with Crippen molar-refractivity contribution in [1.29, 1.82) is 5.26 Å². The lowest BCUT2D eigenvalue weighted by Crippen LogP contribution is -2.37. The van der Waals surface area contributed by atoms with Crippen molar-refractivity contribution in [1.82, 2.24) is 0 Å². The second-order valence-electron chi connectivity index (χ2n) is 6.25. The molecule has 0 aliphatic carbocycles. The van der Waals surface area contributed by atoms with Crippen molar-refractivity contribution in [3.05, 3.63) is 58.7 Å². The lowest BCUT2D eigenvalue weighted by atomic mass is 10.1. The monoisotopic (exact) mass is 371 g/mol. The van der Waals surface area contributed by atoms with Gasteiger partial charge < -0.3 is 5.32 Å². The standard InChI is InChI=1S/C19H21N3O3S/c1-13-8-14(2)19(15(3)9-13)21-18(23)12-22(26(4,24)25)17-7-5-6-16(10-17)11-20/h5-10H,12H2,1-4H3,(H,21,23). The molecule has 0 atom stereocenters. The summed E-state index contributed by atoms with van der Waals surface area (Å²) in [6, 6.07) is 12.0. The molecule has 0 saturated heterocycles. The molecule has 0 saturated carbocycles. The van der Waals surface area contributed by atoms with E-state index in [1.165, 1.54) is 6.07 Å². The Morgan fingerprint density at radius 1 is 1.15 bits per heavy atom. The van der Waals surface area contributed by atoms with Crippen molar-refractivity contribution in [3.63, 3.8) is 0 Å². The van der Waals surface area contributed by atoms with Gasteiger partial charge in [0.05, 0.1) is 23.6 Å². The molecular weight excluding hydrogens is 350 g/mol. The molecule has 6 nitrogen and oxygen atoms in total. The Labute approximate surface area is 154 Å². The first-order valence-electron chi connectivity index (χ1n) is 7.97. The second kappa shape index (κ2) is 7.58. The van der Waals surface area contributed by atoms with Gasteiger partial charge in [-0.3, -0.25) is 9.10 Å². The first-order valence-corrected chi connectivity index (χ1v) is 9.82. The third-order valence-corrected chi connectivity index (χ3v) is 5.03. The molecule has 0 fully saturated rings. The molecule has 0 aliphatic heterocycles. The number of nitrogens with one attached hydrogen (secondary N) is 1. The minimum Gasteiger partial charge on any atom is -0.324 e. The number of carbonyl (C=O) groups is 1. The quantitative estimate of drug-likeness (QED) is 0.875. The van der Waals surface area contributed by atoms with Gasteiger partial charge in [0, 0.05) is 5.69 Å². The summed E-state index contributed by atoms with van der Waals surface area (Å²) >= 11 is 0. The van der Waals surface area contributed by atoms with Crippen molar-refractivity contribution < 1.29 is 13.2 Å². The minimum atomic E-state index is -3.69. The summed E-state index contributed by atoms with van der Waals surface area (Å²) in [7, 11) is -3.69. The van der Waals surface area contributed by atoms with Crippen LogP contribution in [0.15, 0.2) is 36.4 Å². The molecule has 2 aromatic rings. The number of anilines is 2. The van der Waals surface area contributed by atoms with Gasteiger partial charge in [-0.25, -0.2) is 8.42 Å². The van der Waals surface area contributed by atoms with E-state index >= 15 is 0 Å². The highest BCUT2D eigenvalue weighted by Crippen LogP contribution is 2.23. The highest BCUT2D eigenvalue weighted by atomic mass is 32.2. The van der Waals surface area contributed by atoms with E-state index in [4.69, 9.17) is 5.26 Å². The number of nitriles is 1. The zero-order chi connectivity index (χ0) is 19.5. The Morgan fingerprint density at radius 3 is 2.31 bits per heavy atom. The van der Waals surface area contributed by atoms with Crippen molar-refractivity contribution in [3.8, 4) is 6.07 Å². The van der Waals surface area contributed by atoms with E-state index in [2.05, 4.69) is 5.32 Å². The maximum absolute atomic E-state index is 12.5. The van der Waals surface area contributed by atoms with Gasteiger partial charge in [0.2, 0.25) is 15.9 Å². The fourth-order valence-corrected chi connectivity index (χ4v) is 3.67. The lowest BCUT2D eigenvalue weighted by molar-refractivity contribution is -0.114. The highest BCUT2D eigenvalue weighted by molar-refractivity contribution is 7.92. The van der Waals surface area contributed by atoms with Crippen LogP contribution in [-0.2, 0) is 14.8 Å². The van der Waals surface area contributed by atoms with E-state index in [1.54, 1.807) is 18.2 Å². The van der Waals surface area contributed by atoms with Gasteiger partial charge in [0.15, 0.2) is 0 Å². The summed E-state index contributed by atoms with van der Waals surface area (Å²) < 4.78 is 25.3. The van der Waals surface area contributed by atoms with E-state index in [1.807, 2.05) is 39.0 Å². The van der Waals surface area contributed by atoms with Gasteiger partial charge >= 0.3 is 0 Å². The molecule has 7 heteroatoms. The number of aryl methyl sites for hydroxylation is 3. The van der Waals surface area contributed by atoms with Crippen molar-refractivity contribution in [2.75, 3.05) is 22.4 Å². The number of sulfonamides is 1. The van der Waals surface area contributed by atoms with Gasteiger partial charge in [-0.15, -0.1) is 0 Å². The molecule has 0 radical (unpaired) electrons. The average molecular weight is 371 g/mol. The average Bonchev–Trinajstić information content (AvgIpc) is 2.55. The van der Waals surface area contributed by atoms with Crippen LogP contribution in [0, 0.1) is 32.1 Å². The second-order valence-corrected chi connectivity index (χ2v) is 8.16. The number of hydrogen-bond acceptors (Lipinski definition) is 4. The molecule has 0 unspecified atom stereocenters. The minimum absolute atomic E-state index is 0.277. The van der Waals surface area contributed by atoms with E-state index in [0.717, 1.165) is 27.3 Å². The van der Waals surface area contributed by atoms with Crippen LogP contribution in [0.2, 0.25) is 0 Å². The molecule has 1 N–H and O–H groups in total. The predicted molar refractivity (Wildman–Crippen MR) is 103 cm³/mol. The summed E-state index contributed by atoms with van der Waals surface area (Å²) in [5.41, 5.74) is 4.19. The maximum Gasteiger partial charge on any atom is 0.245 e. The van der Waals surface area contributed by atoms with E-state index < -0.39 is 15.9 Å². The van der Waals surface area contributed by atoms with Crippen molar-refractivity contribution in [2.45, 2.75) is 20.8 Å². The Bertz CT molecular complexity index is 968. The summed E-state index contributed by atoms with van der Waals surface area (Å²) in [6.07, 6.45) is 1.03. The highest BCUT2D eigenvalue weighted by Gasteiger charge is 2.22. The summed E-state index contributed by atoms with van der Waals surface area (Å²) in [5.74, 6) is -0.451. The topological polar surface area (TPSA) is 90.3 Å². The Hall–Kier alpha value is -2.85. The molecular formula is C19H21N3O3S. The zero-order valence-corrected chi connectivity index (χ0v) is 16.0. The molecule has 136 valence electrons. The molecule has 1 amide bonds. The SMILES string of the molecule is Cc1cc(C)c(NC(=O)CN(c2cccc(C#N)c2)S(C)(=O)=O)c(C)c1. The zero-order valence-electron chi connectivity index (χ0n) is 15.2. The first kappa shape index (κ1) is 19.5. The van der Waals surface area contributed by atoms with Crippen molar-refractivity contribution in [2.24, 2.45) is 0 Å². The van der Waals surface area contributed by atoms with Crippen LogP contribution in [0.5, 0.6) is 0 Å². The molecule has 2 aromatic carbocycles. The number of rotatable bonds is 5. The van der Waals surface area contributed by atoms with Gasteiger partial charge in [-0.1, -0.05) is 23.8 Å². The fraction of sp³-hybridized carbons (Fsp3) is 0.263.